The van der Waals surface area contributed by atoms with Crippen molar-refractivity contribution in [1.82, 2.24) is 10.6 Å². The number of rotatable bonds is 9. The maximum absolute atomic E-state index is 12.1. The van der Waals surface area contributed by atoms with Crippen molar-refractivity contribution in [3.05, 3.63) is 29.8 Å². The minimum Gasteiger partial charge on any atom is -0.378 e. The fourth-order valence-corrected chi connectivity index (χ4v) is 2.31. The third-order valence-corrected chi connectivity index (χ3v) is 3.71. The molecule has 1 aromatic carbocycles. The van der Waals surface area contributed by atoms with Crippen LogP contribution in [0.2, 0.25) is 0 Å². The van der Waals surface area contributed by atoms with Crippen LogP contribution in [0.5, 0.6) is 0 Å². The van der Waals surface area contributed by atoms with Gasteiger partial charge in [0.1, 0.15) is 0 Å². The normalized spacial score (nSPS) is 11.9. The van der Waals surface area contributed by atoms with Gasteiger partial charge >= 0.3 is 0 Å². The highest BCUT2D eigenvalue weighted by Crippen LogP contribution is 2.11. The average Bonchev–Trinajstić information content (AvgIpc) is 2.51. The van der Waals surface area contributed by atoms with E-state index in [-0.39, 0.29) is 17.9 Å². The SMILES string of the molecule is CC[NH+](CC(=O)NCc1ccc(N(C)C)cc1)CC(=O)NC(C)C. The molecule has 0 aliphatic carbocycles. The van der Waals surface area contributed by atoms with E-state index >= 15 is 0 Å². The molecule has 24 heavy (non-hydrogen) atoms. The number of hydrogen-bond donors (Lipinski definition) is 3. The molecule has 2 amide bonds. The predicted octanol–water partition coefficient (Wildman–Crippen LogP) is -0.202. The van der Waals surface area contributed by atoms with Crippen molar-refractivity contribution in [3.63, 3.8) is 0 Å². The molecule has 0 aliphatic heterocycles. The van der Waals surface area contributed by atoms with Crippen molar-refractivity contribution in [3.8, 4) is 0 Å². The first-order valence-corrected chi connectivity index (χ1v) is 8.47. The van der Waals surface area contributed by atoms with Gasteiger partial charge < -0.3 is 20.4 Å². The molecular weight excluding hydrogens is 304 g/mol. The number of hydrogen-bond acceptors (Lipinski definition) is 3. The summed E-state index contributed by atoms with van der Waals surface area (Å²) in [5.41, 5.74) is 2.19. The van der Waals surface area contributed by atoms with Gasteiger partial charge in [-0.05, 0) is 38.5 Å². The van der Waals surface area contributed by atoms with Gasteiger partial charge in [-0.2, -0.15) is 0 Å². The average molecular weight is 335 g/mol. The smallest absolute Gasteiger partial charge is 0.275 e. The Kier molecular flexibility index (Phi) is 8.26. The molecule has 6 nitrogen and oxygen atoms in total. The number of benzene rings is 1. The molecule has 6 heteroatoms. The first kappa shape index (κ1) is 20.0. The summed E-state index contributed by atoms with van der Waals surface area (Å²) in [5, 5.41) is 5.78. The van der Waals surface area contributed by atoms with Gasteiger partial charge in [-0.3, -0.25) is 9.59 Å². The molecule has 0 aromatic heterocycles. The Labute approximate surface area is 145 Å². The summed E-state index contributed by atoms with van der Waals surface area (Å²) >= 11 is 0. The van der Waals surface area contributed by atoms with Gasteiger partial charge in [0.25, 0.3) is 11.8 Å². The second-order valence-electron chi connectivity index (χ2n) is 6.52. The van der Waals surface area contributed by atoms with Gasteiger partial charge in [-0.1, -0.05) is 12.1 Å². The van der Waals surface area contributed by atoms with Gasteiger partial charge in [0, 0.05) is 32.4 Å². The molecule has 1 rings (SSSR count). The first-order valence-electron chi connectivity index (χ1n) is 8.47. The molecule has 0 fully saturated rings. The maximum atomic E-state index is 12.1. The first-order chi connectivity index (χ1) is 11.3. The molecule has 134 valence electrons. The molecule has 0 aliphatic rings. The Morgan fingerprint density at radius 2 is 1.67 bits per heavy atom. The fraction of sp³-hybridized carbons (Fsp3) is 0.556. The second kappa shape index (κ2) is 9.93. The molecule has 3 N–H and O–H groups in total. The molecule has 0 spiro atoms. The van der Waals surface area contributed by atoms with Crippen LogP contribution in [0.4, 0.5) is 5.69 Å². The van der Waals surface area contributed by atoms with Crippen LogP contribution < -0.4 is 20.4 Å². The van der Waals surface area contributed by atoms with Gasteiger partial charge in [-0.15, -0.1) is 0 Å². The molecular formula is C18H31N4O2+. The van der Waals surface area contributed by atoms with Crippen molar-refractivity contribution < 1.29 is 14.5 Å². The van der Waals surface area contributed by atoms with E-state index in [4.69, 9.17) is 0 Å². The van der Waals surface area contributed by atoms with Gasteiger partial charge in [0.15, 0.2) is 13.1 Å². The minimum atomic E-state index is -0.0408. The number of nitrogens with zero attached hydrogens (tertiary/aromatic N) is 1. The van der Waals surface area contributed by atoms with Crippen LogP contribution in [0.15, 0.2) is 24.3 Å². The highest BCUT2D eigenvalue weighted by molar-refractivity contribution is 5.79. The lowest BCUT2D eigenvalue weighted by Crippen LogP contribution is -3.14. The van der Waals surface area contributed by atoms with Gasteiger partial charge in [-0.25, -0.2) is 0 Å². The van der Waals surface area contributed by atoms with E-state index in [0.29, 0.717) is 19.6 Å². The zero-order chi connectivity index (χ0) is 18.1. The van der Waals surface area contributed by atoms with E-state index in [0.717, 1.165) is 22.7 Å². The molecule has 1 aromatic rings. The zero-order valence-electron chi connectivity index (χ0n) is 15.5. The lowest BCUT2D eigenvalue weighted by molar-refractivity contribution is -0.881. The van der Waals surface area contributed by atoms with Crippen LogP contribution in [-0.2, 0) is 16.1 Å². The number of amides is 2. The lowest BCUT2D eigenvalue weighted by atomic mass is 10.2. The predicted molar refractivity (Wildman–Crippen MR) is 97.1 cm³/mol. The van der Waals surface area contributed by atoms with Gasteiger partial charge in [0.05, 0.1) is 6.54 Å². The Hall–Kier alpha value is -2.08. The van der Waals surface area contributed by atoms with Crippen LogP contribution in [0.3, 0.4) is 0 Å². The molecule has 0 heterocycles. The molecule has 0 radical (unpaired) electrons. The van der Waals surface area contributed by atoms with Gasteiger partial charge in [0.2, 0.25) is 0 Å². The third kappa shape index (κ3) is 7.46. The summed E-state index contributed by atoms with van der Waals surface area (Å²) in [6.45, 7) is 7.69. The quantitative estimate of drug-likeness (QED) is 0.585. The van der Waals surface area contributed by atoms with E-state index in [1.54, 1.807) is 0 Å². The van der Waals surface area contributed by atoms with Crippen molar-refractivity contribution in [2.24, 2.45) is 0 Å². The second-order valence-corrected chi connectivity index (χ2v) is 6.52. The van der Waals surface area contributed by atoms with E-state index in [9.17, 15) is 9.59 Å². The number of carbonyl (C=O) groups excluding carboxylic acids is 2. The molecule has 0 bridgehead atoms. The van der Waals surface area contributed by atoms with E-state index < -0.39 is 0 Å². The van der Waals surface area contributed by atoms with E-state index in [2.05, 4.69) is 10.6 Å². The van der Waals surface area contributed by atoms with Crippen molar-refractivity contribution in [1.29, 1.82) is 0 Å². The highest BCUT2D eigenvalue weighted by Gasteiger charge is 2.16. The van der Waals surface area contributed by atoms with Crippen LogP contribution in [-0.4, -0.2) is 51.6 Å². The van der Waals surface area contributed by atoms with E-state index in [1.165, 1.54) is 0 Å². The molecule has 0 saturated carbocycles. The summed E-state index contributed by atoms with van der Waals surface area (Å²) in [4.78, 5) is 26.9. The third-order valence-electron chi connectivity index (χ3n) is 3.71. The lowest BCUT2D eigenvalue weighted by Gasteiger charge is -2.18. The number of quaternary nitrogens is 1. The van der Waals surface area contributed by atoms with Crippen molar-refractivity contribution in [2.75, 3.05) is 38.6 Å². The van der Waals surface area contributed by atoms with Crippen LogP contribution in [0.1, 0.15) is 26.3 Å². The van der Waals surface area contributed by atoms with Crippen LogP contribution in [0, 0.1) is 0 Å². The zero-order valence-corrected chi connectivity index (χ0v) is 15.5. The van der Waals surface area contributed by atoms with Crippen LogP contribution in [0.25, 0.3) is 0 Å². The Morgan fingerprint density at radius 3 is 2.17 bits per heavy atom. The minimum absolute atomic E-state index is 0.0195. The highest BCUT2D eigenvalue weighted by atomic mass is 16.2. The molecule has 1 atom stereocenters. The topological polar surface area (TPSA) is 65.9 Å². The summed E-state index contributed by atoms with van der Waals surface area (Å²) in [6.07, 6.45) is 0. The number of likely N-dealkylation sites (N-methyl/N-ethyl adjacent to an activating group) is 1. The number of anilines is 1. The Morgan fingerprint density at radius 1 is 1.08 bits per heavy atom. The molecule has 1 unspecified atom stereocenters. The van der Waals surface area contributed by atoms with E-state index in [1.807, 2.05) is 64.0 Å². The van der Waals surface area contributed by atoms with Crippen LogP contribution >= 0.6 is 0 Å². The summed E-state index contributed by atoms with van der Waals surface area (Å²) in [5.74, 6) is -0.0604. The Bertz CT molecular complexity index is 526. The fourth-order valence-electron chi connectivity index (χ4n) is 2.31. The number of nitrogens with one attached hydrogen (secondary N) is 3. The van der Waals surface area contributed by atoms with Crippen molar-refractivity contribution in [2.45, 2.75) is 33.4 Å². The summed E-state index contributed by atoms with van der Waals surface area (Å²) in [6, 6.07) is 8.20. The molecule has 0 saturated heterocycles. The maximum Gasteiger partial charge on any atom is 0.275 e. The monoisotopic (exact) mass is 335 g/mol. The summed E-state index contributed by atoms with van der Waals surface area (Å²) in [7, 11) is 3.99. The standard InChI is InChI=1S/C18H30N4O2/c1-6-22(13-18(24)20-14(2)3)12-17(23)19-11-15-7-9-16(10-8-15)21(4)5/h7-10,14H,6,11-13H2,1-5H3,(H,19,23)(H,20,24)/p+1. The largest absolute Gasteiger partial charge is 0.378 e. The van der Waals surface area contributed by atoms with Crippen molar-refractivity contribution >= 4 is 17.5 Å². The Balaban J connectivity index is 2.42. The summed E-state index contributed by atoms with van der Waals surface area (Å²) < 4.78 is 0. The number of carbonyl (C=O) groups is 2.